The second-order valence-corrected chi connectivity index (χ2v) is 5.90. The van der Waals surface area contributed by atoms with Gasteiger partial charge in [0.05, 0.1) is 0 Å². The Morgan fingerprint density at radius 3 is 3.05 bits per heavy atom. The fourth-order valence-corrected chi connectivity index (χ4v) is 3.46. The van der Waals surface area contributed by atoms with Crippen LogP contribution in [-0.2, 0) is 19.9 Å². The van der Waals surface area contributed by atoms with E-state index in [0.717, 1.165) is 11.2 Å². The lowest BCUT2D eigenvalue weighted by molar-refractivity contribution is 0.0888. The SMILES string of the molecule is [2H]C([2H])([2H])n1c2c(c3ccccc31)C(=O)C(Cn1ccnc1C)CC2. The average Bonchev–Trinajstić information content (AvgIpc) is 3.11. The summed E-state index contributed by atoms with van der Waals surface area (Å²) in [4.78, 5) is 17.4. The molecule has 3 aromatic rings. The van der Waals surface area contributed by atoms with E-state index in [1.165, 1.54) is 4.57 Å². The van der Waals surface area contributed by atoms with Crippen LogP contribution < -0.4 is 0 Å². The molecule has 0 saturated carbocycles. The summed E-state index contributed by atoms with van der Waals surface area (Å²) in [6.45, 7) is 0.206. The number of para-hydroxylation sites is 1. The molecule has 0 fully saturated rings. The highest BCUT2D eigenvalue weighted by atomic mass is 16.1. The standard InChI is InChI=1S/C18H19N3O/c1-12-19-9-10-21(12)11-13-7-8-16-17(18(13)22)14-5-3-4-6-15(14)20(16)2/h3-6,9-10,13H,7-8,11H2,1-2H3/i2D3. The molecule has 0 N–H and O–H groups in total. The quantitative estimate of drug-likeness (QED) is 0.729. The van der Waals surface area contributed by atoms with Crippen molar-refractivity contribution in [2.75, 3.05) is 0 Å². The van der Waals surface area contributed by atoms with Crippen LogP contribution >= 0.6 is 0 Å². The Hall–Kier alpha value is -2.36. The Morgan fingerprint density at radius 2 is 2.27 bits per heavy atom. The lowest BCUT2D eigenvalue weighted by Gasteiger charge is -2.23. The highest BCUT2D eigenvalue weighted by Gasteiger charge is 2.32. The molecule has 0 radical (unpaired) electrons. The van der Waals surface area contributed by atoms with Crippen LogP contribution in [0.3, 0.4) is 0 Å². The Balaban J connectivity index is 1.83. The van der Waals surface area contributed by atoms with Crippen LogP contribution in [0.5, 0.6) is 0 Å². The summed E-state index contributed by atoms with van der Waals surface area (Å²) in [5.74, 6) is 0.758. The summed E-state index contributed by atoms with van der Waals surface area (Å²) in [7, 11) is 0. The first-order valence-corrected chi connectivity index (χ1v) is 7.52. The molecule has 0 aliphatic heterocycles. The van der Waals surface area contributed by atoms with Gasteiger partial charge in [-0.3, -0.25) is 4.79 Å². The third-order valence-corrected chi connectivity index (χ3v) is 4.66. The largest absolute Gasteiger partial charge is 0.347 e. The molecule has 2 heterocycles. The minimum absolute atomic E-state index is 0.0357. The van der Waals surface area contributed by atoms with Gasteiger partial charge in [-0.2, -0.15) is 0 Å². The van der Waals surface area contributed by atoms with Crippen molar-refractivity contribution >= 4 is 16.7 Å². The first kappa shape index (κ1) is 10.4. The Labute approximate surface area is 133 Å². The zero-order valence-corrected chi connectivity index (χ0v) is 12.4. The van der Waals surface area contributed by atoms with E-state index in [-0.39, 0.29) is 11.7 Å². The van der Waals surface area contributed by atoms with E-state index in [0.29, 0.717) is 36.2 Å². The van der Waals surface area contributed by atoms with E-state index >= 15 is 0 Å². The molecule has 1 aliphatic carbocycles. The topological polar surface area (TPSA) is 39.8 Å². The third kappa shape index (κ3) is 1.83. The molecule has 4 heteroatoms. The van der Waals surface area contributed by atoms with Crippen molar-refractivity contribution in [1.29, 1.82) is 0 Å². The number of nitrogens with zero attached hydrogens (tertiary/aromatic N) is 3. The van der Waals surface area contributed by atoms with Crippen LogP contribution in [0.25, 0.3) is 10.9 Å². The first-order valence-electron chi connectivity index (χ1n) is 9.02. The molecule has 1 unspecified atom stereocenters. The number of rotatable bonds is 2. The van der Waals surface area contributed by atoms with Gasteiger partial charge in [-0.25, -0.2) is 4.98 Å². The molecule has 2 aromatic heterocycles. The van der Waals surface area contributed by atoms with E-state index in [4.69, 9.17) is 4.11 Å². The minimum atomic E-state index is -2.29. The number of imidazole rings is 1. The molecule has 22 heavy (non-hydrogen) atoms. The van der Waals surface area contributed by atoms with Gasteiger partial charge in [0.15, 0.2) is 5.78 Å². The highest BCUT2D eigenvalue weighted by molar-refractivity contribution is 6.11. The van der Waals surface area contributed by atoms with Crippen molar-refractivity contribution < 1.29 is 8.91 Å². The molecule has 1 atom stereocenters. The van der Waals surface area contributed by atoms with Crippen LogP contribution in [0.4, 0.5) is 0 Å². The van der Waals surface area contributed by atoms with Crippen LogP contribution in [0.2, 0.25) is 0 Å². The van der Waals surface area contributed by atoms with Gasteiger partial charge < -0.3 is 9.13 Å². The van der Waals surface area contributed by atoms with Gasteiger partial charge in [0.2, 0.25) is 0 Å². The van der Waals surface area contributed by atoms with Crippen molar-refractivity contribution in [3.05, 3.63) is 53.7 Å². The lowest BCUT2D eigenvalue weighted by Crippen LogP contribution is -2.27. The van der Waals surface area contributed by atoms with Crippen LogP contribution in [0.1, 0.15) is 32.4 Å². The zero-order chi connectivity index (χ0) is 17.8. The maximum absolute atomic E-state index is 13.2. The van der Waals surface area contributed by atoms with Crippen molar-refractivity contribution in [3.8, 4) is 0 Å². The van der Waals surface area contributed by atoms with Gasteiger partial charge in [0.1, 0.15) is 5.82 Å². The third-order valence-electron chi connectivity index (χ3n) is 4.66. The number of carbonyl (C=O) groups excluding carboxylic acids is 1. The van der Waals surface area contributed by atoms with Crippen LogP contribution in [0, 0.1) is 12.8 Å². The number of ketones is 1. The summed E-state index contributed by atoms with van der Waals surface area (Å²) in [5, 5.41) is 0.741. The molecule has 0 spiro atoms. The van der Waals surface area contributed by atoms with Crippen molar-refractivity contribution in [1.82, 2.24) is 14.1 Å². The van der Waals surface area contributed by atoms with E-state index in [1.807, 2.05) is 35.9 Å². The van der Waals surface area contributed by atoms with Crippen molar-refractivity contribution in [3.63, 3.8) is 0 Å². The zero-order valence-electron chi connectivity index (χ0n) is 15.4. The molecular weight excluding hydrogens is 274 g/mol. The summed E-state index contributed by atoms with van der Waals surface area (Å²) >= 11 is 0. The fourth-order valence-electron chi connectivity index (χ4n) is 3.46. The number of aryl methyl sites for hydroxylation is 2. The molecule has 4 rings (SSSR count). The van der Waals surface area contributed by atoms with Crippen LogP contribution in [0.15, 0.2) is 36.7 Å². The number of hydrogen-bond donors (Lipinski definition) is 0. The van der Waals surface area contributed by atoms with E-state index in [1.54, 1.807) is 12.3 Å². The first-order chi connectivity index (χ1) is 11.9. The number of aromatic nitrogens is 3. The minimum Gasteiger partial charge on any atom is -0.347 e. The average molecular weight is 296 g/mol. The molecule has 112 valence electrons. The summed E-state index contributed by atoms with van der Waals surface area (Å²) in [5.41, 5.74) is 1.84. The smallest absolute Gasteiger partial charge is 0.170 e. The fraction of sp³-hybridized carbons (Fsp3) is 0.333. The molecule has 1 aliphatic rings. The second kappa shape index (κ2) is 4.83. The lowest BCUT2D eigenvalue weighted by atomic mass is 9.85. The predicted octanol–water partition coefficient (Wildman–Crippen LogP) is 3.13. The summed E-state index contributed by atoms with van der Waals surface area (Å²) < 4.78 is 27.0. The summed E-state index contributed by atoms with van der Waals surface area (Å²) in [6, 6.07) is 7.29. The van der Waals surface area contributed by atoms with Gasteiger partial charge >= 0.3 is 0 Å². The predicted molar refractivity (Wildman–Crippen MR) is 86.0 cm³/mol. The number of hydrogen-bond acceptors (Lipinski definition) is 2. The molecule has 0 bridgehead atoms. The van der Waals surface area contributed by atoms with E-state index < -0.39 is 6.98 Å². The number of benzene rings is 1. The molecule has 0 amide bonds. The molecule has 0 saturated heterocycles. The Morgan fingerprint density at radius 1 is 1.41 bits per heavy atom. The normalized spacial score (nSPS) is 20.5. The van der Waals surface area contributed by atoms with Crippen LogP contribution in [-0.4, -0.2) is 19.9 Å². The van der Waals surface area contributed by atoms with Gasteiger partial charge in [-0.15, -0.1) is 0 Å². The Bertz CT molecular complexity index is 968. The van der Waals surface area contributed by atoms with Gasteiger partial charge in [0, 0.05) is 58.1 Å². The maximum atomic E-state index is 13.2. The van der Waals surface area contributed by atoms with Crippen molar-refractivity contribution in [2.24, 2.45) is 12.9 Å². The maximum Gasteiger partial charge on any atom is 0.170 e. The molecular formula is C18H19N3O. The summed E-state index contributed by atoms with van der Waals surface area (Å²) in [6.07, 6.45) is 4.85. The second-order valence-electron chi connectivity index (χ2n) is 5.90. The molecule has 4 nitrogen and oxygen atoms in total. The van der Waals surface area contributed by atoms with Gasteiger partial charge in [0.25, 0.3) is 0 Å². The Kier molecular flexibility index (Phi) is 2.28. The monoisotopic (exact) mass is 296 g/mol. The highest BCUT2D eigenvalue weighted by Crippen LogP contribution is 2.34. The van der Waals surface area contributed by atoms with Crippen molar-refractivity contribution in [2.45, 2.75) is 26.3 Å². The van der Waals surface area contributed by atoms with E-state index in [9.17, 15) is 4.79 Å². The van der Waals surface area contributed by atoms with Gasteiger partial charge in [-0.05, 0) is 25.8 Å². The number of carbonyl (C=O) groups is 1. The number of Topliss-reactive ketones (excluding diaryl/α,β-unsaturated/α-hetero) is 1. The van der Waals surface area contributed by atoms with E-state index in [2.05, 4.69) is 4.98 Å². The molecule has 1 aromatic carbocycles. The number of fused-ring (bicyclic) bond motifs is 3. The van der Waals surface area contributed by atoms with Gasteiger partial charge in [-0.1, -0.05) is 18.2 Å².